The minimum Gasteiger partial charge on any atom is -0.355 e. The minimum absolute atomic E-state index is 0.0330. The number of aromatic nitrogens is 1. The molecule has 18 heavy (non-hydrogen) atoms. The number of rotatable bonds is 2. The van der Waals surface area contributed by atoms with Crippen molar-refractivity contribution in [1.29, 1.82) is 0 Å². The Hall–Kier alpha value is -1.69. The summed E-state index contributed by atoms with van der Waals surface area (Å²) in [6, 6.07) is 1.71. The highest BCUT2D eigenvalue weighted by Crippen LogP contribution is 2.25. The first-order valence-electron chi connectivity index (χ1n) is 6.09. The van der Waals surface area contributed by atoms with Crippen molar-refractivity contribution < 1.29 is 4.92 Å². The second kappa shape index (κ2) is 4.89. The molecule has 98 valence electrons. The van der Waals surface area contributed by atoms with Gasteiger partial charge in [-0.2, -0.15) is 0 Å². The molecule has 1 saturated heterocycles. The molecule has 1 aliphatic heterocycles. The molecule has 6 nitrogen and oxygen atoms in total. The van der Waals surface area contributed by atoms with Gasteiger partial charge in [0.05, 0.1) is 4.92 Å². The molecule has 6 heteroatoms. The van der Waals surface area contributed by atoms with Gasteiger partial charge in [0.25, 0.3) is 5.69 Å². The number of nitro groups is 1. The van der Waals surface area contributed by atoms with Gasteiger partial charge in [0.2, 0.25) is 0 Å². The summed E-state index contributed by atoms with van der Waals surface area (Å²) in [5, 5.41) is 10.7. The Morgan fingerprint density at radius 2 is 2.28 bits per heavy atom. The van der Waals surface area contributed by atoms with E-state index < -0.39 is 4.92 Å². The fraction of sp³-hybridized carbons (Fsp3) is 0.583. The van der Waals surface area contributed by atoms with Gasteiger partial charge in [-0.15, -0.1) is 0 Å². The van der Waals surface area contributed by atoms with Crippen molar-refractivity contribution in [3.63, 3.8) is 0 Å². The highest BCUT2D eigenvalue weighted by molar-refractivity contribution is 5.51. The molecule has 1 aromatic heterocycles. The van der Waals surface area contributed by atoms with Crippen LogP contribution in [0.1, 0.15) is 18.9 Å². The highest BCUT2D eigenvalue weighted by atomic mass is 16.6. The van der Waals surface area contributed by atoms with Crippen LogP contribution >= 0.6 is 0 Å². The van der Waals surface area contributed by atoms with Gasteiger partial charge in [0.15, 0.2) is 0 Å². The Morgan fingerprint density at radius 1 is 1.56 bits per heavy atom. The Labute approximate surface area is 106 Å². The van der Waals surface area contributed by atoms with Gasteiger partial charge in [-0.1, -0.05) is 6.92 Å². The predicted molar refractivity (Wildman–Crippen MR) is 69.6 cm³/mol. The van der Waals surface area contributed by atoms with Gasteiger partial charge in [-0.05, 0) is 24.8 Å². The van der Waals surface area contributed by atoms with E-state index >= 15 is 0 Å². The highest BCUT2D eigenvalue weighted by Gasteiger charge is 2.24. The van der Waals surface area contributed by atoms with Crippen molar-refractivity contribution in [1.82, 2.24) is 4.98 Å². The van der Waals surface area contributed by atoms with Crippen LogP contribution in [0.2, 0.25) is 0 Å². The van der Waals surface area contributed by atoms with Crippen LogP contribution in [0.15, 0.2) is 12.3 Å². The zero-order valence-electron chi connectivity index (χ0n) is 10.7. The molecular formula is C12H18N4O2. The summed E-state index contributed by atoms with van der Waals surface area (Å²) >= 11 is 0. The van der Waals surface area contributed by atoms with Crippen molar-refractivity contribution >= 4 is 11.5 Å². The first kappa shape index (κ1) is 12.8. The molecule has 2 rings (SSSR count). The zero-order chi connectivity index (χ0) is 13.3. The summed E-state index contributed by atoms with van der Waals surface area (Å²) in [6.07, 6.45) is 2.33. The van der Waals surface area contributed by atoms with E-state index in [0.29, 0.717) is 5.92 Å². The summed E-state index contributed by atoms with van der Waals surface area (Å²) in [6.45, 7) is 5.67. The smallest absolute Gasteiger partial charge is 0.287 e. The minimum atomic E-state index is -0.422. The Balaban J connectivity index is 2.25. The van der Waals surface area contributed by atoms with Crippen molar-refractivity contribution in [2.24, 2.45) is 11.7 Å². The molecule has 2 heterocycles. The van der Waals surface area contributed by atoms with Gasteiger partial charge in [0.1, 0.15) is 12.0 Å². The number of hydrogen-bond acceptors (Lipinski definition) is 5. The first-order chi connectivity index (χ1) is 8.47. The van der Waals surface area contributed by atoms with E-state index in [1.165, 1.54) is 6.20 Å². The van der Waals surface area contributed by atoms with Gasteiger partial charge >= 0.3 is 0 Å². The van der Waals surface area contributed by atoms with E-state index in [1.54, 1.807) is 6.07 Å². The first-order valence-corrected chi connectivity index (χ1v) is 6.09. The number of nitrogens with zero attached hydrogens (tertiary/aromatic N) is 3. The molecule has 0 spiro atoms. The van der Waals surface area contributed by atoms with Crippen LogP contribution in [0.5, 0.6) is 0 Å². The number of piperidine rings is 1. The van der Waals surface area contributed by atoms with Gasteiger partial charge in [0, 0.05) is 25.2 Å². The van der Waals surface area contributed by atoms with E-state index in [1.807, 2.05) is 6.92 Å². The fourth-order valence-electron chi connectivity index (χ4n) is 2.56. The number of nitrogens with two attached hydrogens (primary N) is 1. The summed E-state index contributed by atoms with van der Waals surface area (Å²) < 4.78 is 0. The third-order valence-electron chi connectivity index (χ3n) is 3.24. The molecule has 2 atom stereocenters. The molecule has 1 fully saturated rings. The second-order valence-corrected chi connectivity index (χ2v) is 5.10. The number of anilines is 1. The standard InChI is InChI=1S/C12H18N4O2/c1-8-3-10(13)7-15(6-8)12-9(2)4-11(5-14-12)16(17)18/h4-5,8,10H,3,6-7,13H2,1-2H3. The average molecular weight is 250 g/mol. The van der Waals surface area contributed by atoms with E-state index in [2.05, 4.69) is 16.8 Å². The fourth-order valence-corrected chi connectivity index (χ4v) is 2.56. The summed E-state index contributed by atoms with van der Waals surface area (Å²) in [7, 11) is 0. The van der Waals surface area contributed by atoms with Crippen LogP contribution in [0.3, 0.4) is 0 Å². The maximum Gasteiger partial charge on any atom is 0.287 e. The van der Waals surface area contributed by atoms with Crippen molar-refractivity contribution in [2.45, 2.75) is 26.3 Å². The maximum atomic E-state index is 10.7. The average Bonchev–Trinajstić information content (AvgIpc) is 2.27. The number of hydrogen-bond donors (Lipinski definition) is 1. The molecular weight excluding hydrogens is 232 g/mol. The van der Waals surface area contributed by atoms with E-state index in [9.17, 15) is 10.1 Å². The third kappa shape index (κ3) is 2.59. The van der Waals surface area contributed by atoms with Crippen LogP contribution in [-0.4, -0.2) is 29.0 Å². The molecule has 0 radical (unpaired) electrons. The quantitative estimate of drug-likeness (QED) is 0.634. The number of aryl methyl sites for hydroxylation is 1. The maximum absolute atomic E-state index is 10.7. The van der Waals surface area contributed by atoms with Gasteiger partial charge in [-0.3, -0.25) is 10.1 Å². The SMILES string of the molecule is Cc1cc([N+](=O)[O-])cnc1N1CC(C)CC(N)C1. The lowest BCUT2D eigenvalue weighted by molar-refractivity contribution is -0.385. The lowest BCUT2D eigenvalue weighted by Gasteiger charge is -2.36. The number of pyridine rings is 1. The van der Waals surface area contributed by atoms with E-state index in [0.717, 1.165) is 30.9 Å². The molecule has 0 aliphatic carbocycles. The molecule has 0 bridgehead atoms. The second-order valence-electron chi connectivity index (χ2n) is 5.10. The van der Waals surface area contributed by atoms with Gasteiger partial charge < -0.3 is 10.6 Å². The summed E-state index contributed by atoms with van der Waals surface area (Å²) in [5.41, 5.74) is 6.86. The summed E-state index contributed by atoms with van der Waals surface area (Å²) in [5.74, 6) is 1.33. The lowest BCUT2D eigenvalue weighted by Crippen LogP contribution is -2.47. The Morgan fingerprint density at radius 3 is 2.83 bits per heavy atom. The predicted octanol–water partition coefficient (Wildman–Crippen LogP) is 1.47. The lowest BCUT2D eigenvalue weighted by atomic mass is 9.96. The Kier molecular flexibility index (Phi) is 3.47. The van der Waals surface area contributed by atoms with E-state index in [-0.39, 0.29) is 11.7 Å². The molecule has 0 amide bonds. The van der Waals surface area contributed by atoms with Crippen LogP contribution in [0.4, 0.5) is 11.5 Å². The molecule has 2 N–H and O–H groups in total. The molecule has 0 aromatic carbocycles. The van der Waals surface area contributed by atoms with Crippen LogP contribution in [0.25, 0.3) is 0 Å². The molecule has 2 unspecified atom stereocenters. The van der Waals surface area contributed by atoms with Crippen LogP contribution < -0.4 is 10.6 Å². The molecule has 1 aromatic rings. The topological polar surface area (TPSA) is 85.3 Å². The van der Waals surface area contributed by atoms with Crippen LogP contribution in [-0.2, 0) is 0 Å². The zero-order valence-corrected chi connectivity index (χ0v) is 10.7. The normalized spacial score (nSPS) is 24.1. The molecule has 1 aliphatic rings. The van der Waals surface area contributed by atoms with Crippen molar-refractivity contribution in [3.8, 4) is 0 Å². The summed E-state index contributed by atoms with van der Waals surface area (Å²) in [4.78, 5) is 16.6. The monoisotopic (exact) mass is 250 g/mol. The van der Waals surface area contributed by atoms with E-state index in [4.69, 9.17) is 5.73 Å². The van der Waals surface area contributed by atoms with Crippen molar-refractivity contribution in [2.75, 3.05) is 18.0 Å². The Bertz CT molecular complexity index is 453. The third-order valence-corrected chi connectivity index (χ3v) is 3.24. The van der Waals surface area contributed by atoms with Gasteiger partial charge in [-0.25, -0.2) is 4.98 Å². The van der Waals surface area contributed by atoms with Crippen LogP contribution in [0, 0.1) is 23.0 Å². The molecule has 0 saturated carbocycles. The van der Waals surface area contributed by atoms with Crippen molar-refractivity contribution in [3.05, 3.63) is 27.9 Å². The largest absolute Gasteiger partial charge is 0.355 e.